The van der Waals surface area contributed by atoms with Crippen LogP contribution in [0.2, 0.25) is 6.04 Å². The maximum Gasteiger partial charge on any atom is 0.194 e. The van der Waals surface area contributed by atoms with E-state index >= 15 is 0 Å². The summed E-state index contributed by atoms with van der Waals surface area (Å²) in [6.07, 6.45) is 6.67. The highest BCUT2D eigenvalue weighted by molar-refractivity contribution is 6.69. The maximum absolute atomic E-state index is 5.93. The van der Waals surface area contributed by atoms with Crippen LogP contribution in [-0.2, 0) is 4.12 Å². The zero-order valence-electron chi connectivity index (χ0n) is 13.1. The Morgan fingerprint density at radius 3 is 2.11 bits per heavy atom. The predicted molar refractivity (Wildman–Crippen MR) is 91.6 cm³/mol. The lowest BCUT2D eigenvalue weighted by atomic mass is 9.76. The van der Waals surface area contributed by atoms with E-state index in [0.717, 1.165) is 10.5 Å². The summed E-state index contributed by atoms with van der Waals surface area (Å²) in [4.78, 5) is 0. The van der Waals surface area contributed by atoms with E-state index in [-0.39, 0.29) is 0 Å². The van der Waals surface area contributed by atoms with Crippen molar-refractivity contribution < 1.29 is 4.12 Å². The summed E-state index contributed by atoms with van der Waals surface area (Å²) in [5.74, 6) is 0. The van der Waals surface area contributed by atoms with Crippen LogP contribution in [-0.4, -0.2) is 19.5 Å². The van der Waals surface area contributed by atoms with E-state index in [2.05, 4.69) is 51.1 Å². The number of hydrogen-bond donors (Lipinski definition) is 0. The third kappa shape index (κ3) is 4.90. The summed E-state index contributed by atoms with van der Waals surface area (Å²) in [5.41, 5.74) is 0.584. The molecule has 1 unspecified atom stereocenters. The summed E-state index contributed by atoms with van der Waals surface area (Å²) < 4.78 is 5.93. The Bertz CT molecular complexity index is 328. The van der Waals surface area contributed by atoms with Gasteiger partial charge in [0.1, 0.15) is 10.5 Å². The second-order valence-electron chi connectivity index (χ2n) is 5.59. The van der Waals surface area contributed by atoms with Gasteiger partial charge in [-0.25, -0.2) is 0 Å². The summed E-state index contributed by atoms with van der Waals surface area (Å²) in [5, 5.41) is 1.48. The molecule has 1 atom stereocenters. The van der Waals surface area contributed by atoms with Gasteiger partial charge in [-0.1, -0.05) is 76.8 Å². The molecule has 1 rings (SSSR count). The Labute approximate surface area is 124 Å². The lowest BCUT2D eigenvalue weighted by Gasteiger charge is -2.31. The van der Waals surface area contributed by atoms with Gasteiger partial charge in [0.15, 0.2) is 9.04 Å². The molecule has 108 valence electrons. The van der Waals surface area contributed by atoms with Gasteiger partial charge in [-0.3, -0.25) is 0 Å². The van der Waals surface area contributed by atoms with Crippen molar-refractivity contribution in [3.8, 4) is 0 Å². The fraction of sp³-hybridized carbons (Fsp3) is 0.625. The molecule has 0 aliphatic rings. The van der Waals surface area contributed by atoms with E-state index in [4.69, 9.17) is 4.12 Å². The van der Waals surface area contributed by atoms with Crippen molar-refractivity contribution in [2.75, 3.05) is 0 Å². The summed E-state index contributed by atoms with van der Waals surface area (Å²) in [7, 11) is -0.255. The van der Waals surface area contributed by atoms with Gasteiger partial charge >= 0.3 is 0 Å². The lowest BCUT2D eigenvalue weighted by molar-refractivity contribution is 0.226. The van der Waals surface area contributed by atoms with Crippen LogP contribution in [0.5, 0.6) is 0 Å². The van der Waals surface area contributed by atoms with Crippen LogP contribution in [0.15, 0.2) is 30.3 Å². The summed E-state index contributed by atoms with van der Waals surface area (Å²) in [6, 6.07) is 12.2. The fourth-order valence-corrected chi connectivity index (χ4v) is 6.62. The maximum atomic E-state index is 5.93. The predicted octanol–water partition coefficient (Wildman–Crippen LogP) is 2.91. The van der Waals surface area contributed by atoms with Gasteiger partial charge in [0, 0.05) is 0 Å². The highest BCUT2D eigenvalue weighted by atomic mass is 28.3. The van der Waals surface area contributed by atoms with Crippen molar-refractivity contribution in [2.24, 2.45) is 5.41 Å². The number of rotatable bonds is 9. The topological polar surface area (TPSA) is 9.23 Å². The zero-order chi connectivity index (χ0) is 14.1. The van der Waals surface area contributed by atoms with E-state index in [9.17, 15) is 0 Å². The average Bonchev–Trinajstić information content (AvgIpc) is 2.49. The van der Waals surface area contributed by atoms with Gasteiger partial charge in [0.25, 0.3) is 0 Å². The van der Waals surface area contributed by atoms with Gasteiger partial charge in [-0.2, -0.15) is 0 Å². The lowest BCUT2D eigenvalue weighted by Crippen LogP contribution is -2.33. The molecule has 1 aromatic rings. The van der Waals surface area contributed by atoms with Crippen LogP contribution in [0.4, 0.5) is 0 Å². The van der Waals surface area contributed by atoms with Crippen molar-refractivity contribution in [1.82, 2.24) is 0 Å². The normalized spacial score (nSPS) is 13.6. The Balaban J connectivity index is 2.51. The first-order chi connectivity index (χ1) is 9.21. The molecule has 0 saturated heterocycles. The van der Waals surface area contributed by atoms with E-state index in [1.807, 2.05) is 0 Å². The van der Waals surface area contributed by atoms with Crippen LogP contribution in [0.1, 0.15) is 52.9 Å². The van der Waals surface area contributed by atoms with Crippen LogP contribution in [0.3, 0.4) is 0 Å². The Morgan fingerprint density at radius 2 is 1.63 bits per heavy atom. The smallest absolute Gasteiger partial charge is 0.194 e. The Kier molecular flexibility index (Phi) is 7.65. The number of benzene rings is 1. The summed E-state index contributed by atoms with van der Waals surface area (Å²) in [6.45, 7) is 7.05. The zero-order valence-corrected chi connectivity index (χ0v) is 16.3. The first kappa shape index (κ1) is 16.7. The van der Waals surface area contributed by atoms with E-state index in [1.165, 1.54) is 43.3 Å². The Morgan fingerprint density at radius 1 is 1.05 bits per heavy atom. The quantitative estimate of drug-likeness (QED) is 0.636. The SMILES string of the molecule is CCC(CC)(CC)CCC[SiH](O[SiH3])c1ccccc1. The molecule has 19 heavy (non-hydrogen) atoms. The minimum atomic E-state index is -1.13. The first-order valence-electron chi connectivity index (χ1n) is 7.79. The van der Waals surface area contributed by atoms with Crippen LogP contribution in [0, 0.1) is 5.41 Å². The minimum Gasteiger partial charge on any atom is -0.462 e. The van der Waals surface area contributed by atoms with Gasteiger partial charge in [-0.05, 0) is 23.1 Å². The molecule has 0 aliphatic carbocycles. The van der Waals surface area contributed by atoms with Crippen molar-refractivity contribution in [3.05, 3.63) is 30.3 Å². The van der Waals surface area contributed by atoms with Gasteiger partial charge in [0.05, 0.1) is 0 Å². The van der Waals surface area contributed by atoms with E-state index in [0.29, 0.717) is 5.41 Å². The Hall–Kier alpha value is -0.386. The van der Waals surface area contributed by atoms with Crippen molar-refractivity contribution in [1.29, 1.82) is 0 Å². The fourth-order valence-electron chi connectivity index (χ4n) is 3.03. The molecule has 0 saturated carbocycles. The second kappa shape index (κ2) is 8.72. The highest BCUT2D eigenvalue weighted by Crippen LogP contribution is 2.36. The van der Waals surface area contributed by atoms with Gasteiger partial charge in [-0.15, -0.1) is 0 Å². The molecule has 0 N–H and O–H groups in total. The summed E-state index contributed by atoms with van der Waals surface area (Å²) >= 11 is 0. The van der Waals surface area contributed by atoms with Crippen molar-refractivity contribution in [3.63, 3.8) is 0 Å². The highest BCUT2D eigenvalue weighted by Gasteiger charge is 2.24. The van der Waals surface area contributed by atoms with Gasteiger partial charge in [0.2, 0.25) is 0 Å². The van der Waals surface area contributed by atoms with E-state index < -0.39 is 9.04 Å². The molecule has 3 heteroatoms. The standard InChI is InChI=1S/C16H30OSi2/c1-4-16(5-2,6-3)13-10-14-19(17-18)15-11-8-7-9-12-15/h7-9,11-12,19H,4-6,10,13-14H2,1-3,18H3. The van der Waals surface area contributed by atoms with Crippen LogP contribution in [0.25, 0.3) is 0 Å². The largest absolute Gasteiger partial charge is 0.462 e. The second-order valence-corrected chi connectivity index (χ2v) is 9.69. The molecule has 0 heterocycles. The van der Waals surface area contributed by atoms with Gasteiger partial charge < -0.3 is 4.12 Å². The number of hydrogen-bond acceptors (Lipinski definition) is 1. The first-order valence-corrected chi connectivity index (χ1v) is 10.5. The molecule has 0 aliphatic heterocycles. The van der Waals surface area contributed by atoms with Crippen LogP contribution >= 0.6 is 0 Å². The molecular formula is C16H30OSi2. The molecule has 0 radical (unpaired) electrons. The third-order valence-corrected chi connectivity index (χ3v) is 9.22. The minimum absolute atomic E-state index is 0.584. The molecule has 1 nitrogen and oxygen atoms in total. The molecule has 1 aromatic carbocycles. The molecule has 0 spiro atoms. The molecule has 0 amide bonds. The molecular weight excluding hydrogens is 264 g/mol. The molecule has 0 fully saturated rings. The van der Waals surface area contributed by atoms with Crippen molar-refractivity contribution >= 4 is 24.7 Å². The average molecular weight is 295 g/mol. The molecule has 0 aromatic heterocycles. The third-order valence-electron chi connectivity index (χ3n) is 4.88. The van der Waals surface area contributed by atoms with E-state index in [1.54, 1.807) is 0 Å². The van der Waals surface area contributed by atoms with Crippen LogP contribution < -0.4 is 5.19 Å². The monoisotopic (exact) mass is 294 g/mol. The molecule has 0 bridgehead atoms. The van der Waals surface area contributed by atoms with Crippen molar-refractivity contribution in [2.45, 2.75) is 58.9 Å².